The van der Waals surface area contributed by atoms with Crippen LogP contribution in [0.15, 0.2) is 18.2 Å². The van der Waals surface area contributed by atoms with E-state index in [1.807, 2.05) is 7.05 Å². The van der Waals surface area contributed by atoms with Gasteiger partial charge >= 0.3 is 0 Å². The SMILES string of the molecule is CN(Cc1ccc(F)c(Cl)c1)C1CCC(=O)CC1. The lowest BCUT2D eigenvalue weighted by atomic mass is 9.93. The van der Waals surface area contributed by atoms with Crippen molar-refractivity contribution in [3.05, 3.63) is 34.6 Å². The first kappa shape index (κ1) is 13.5. The number of carbonyl (C=O) groups excluding carboxylic acids is 1. The highest BCUT2D eigenvalue weighted by atomic mass is 35.5. The van der Waals surface area contributed by atoms with Gasteiger partial charge in [-0.05, 0) is 37.6 Å². The Labute approximate surface area is 112 Å². The summed E-state index contributed by atoms with van der Waals surface area (Å²) in [5, 5.41) is 0.166. The van der Waals surface area contributed by atoms with Crippen LogP contribution in [0.4, 0.5) is 4.39 Å². The Bertz CT molecular complexity index is 439. The molecule has 0 N–H and O–H groups in total. The summed E-state index contributed by atoms with van der Waals surface area (Å²) in [5.41, 5.74) is 1.00. The van der Waals surface area contributed by atoms with Crippen molar-refractivity contribution in [1.82, 2.24) is 4.90 Å². The van der Waals surface area contributed by atoms with Gasteiger partial charge in [0.05, 0.1) is 5.02 Å². The number of rotatable bonds is 3. The molecule has 0 aliphatic heterocycles. The molecule has 0 heterocycles. The summed E-state index contributed by atoms with van der Waals surface area (Å²) in [7, 11) is 2.04. The molecule has 0 aromatic heterocycles. The second kappa shape index (κ2) is 5.81. The smallest absolute Gasteiger partial charge is 0.141 e. The van der Waals surface area contributed by atoms with Gasteiger partial charge in [-0.1, -0.05) is 17.7 Å². The molecule has 0 spiro atoms. The van der Waals surface area contributed by atoms with Gasteiger partial charge in [0, 0.05) is 25.4 Å². The first-order chi connectivity index (χ1) is 8.56. The van der Waals surface area contributed by atoms with Crippen LogP contribution in [0, 0.1) is 5.82 Å². The lowest BCUT2D eigenvalue weighted by molar-refractivity contribution is -0.121. The van der Waals surface area contributed by atoms with E-state index in [1.54, 1.807) is 12.1 Å². The van der Waals surface area contributed by atoms with Crippen molar-refractivity contribution in [2.45, 2.75) is 38.3 Å². The monoisotopic (exact) mass is 269 g/mol. The molecule has 0 unspecified atom stereocenters. The van der Waals surface area contributed by atoms with E-state index in [1.165, 1.54) is 6.07 Å². The number of Topliss-reactive ketones (excluding diaryl/α,β-unsaturated/α-hetero) is 1. The second-order valence-corrected chi connectivity index (χ2v) is 5.34. The summed E-state index contributed by atoms with van der Waals surface area (Å²) in [6.07, 6.45) is 3.20. The van der Waals surface area contributed by atoms with Crippen molar-refractivity contribution in [2.75, 3.05) is 7.05 Å². The van der Waals surface area contributed by atoms with Crippen LogP contribution in [-0.2, 0) is 11.3 Å². The van der Waals surface area contributed by atoms with Gasteiger partial charge in [0.25, 0.3) is 0 Å². The van der Waals surface area contributed by atoms with Crippen LogP contribution < -0.4 is 0 Å². The quantitative estimate of drug-likeness (QED) is 0.838. The highest BCUT2D eigenvalue weighted by Gasteiger charge is 2.22. The highest BCUT2D eigenvalue weighted by Crippen LogP contribution is 2.22. The fourth-order valence-corrected chi connectivity index (χ4v) is 2.62. The van der Waals surface area contributed by atoms with E-state index in [4.69, 9.17) is 11.6 Å². The Hall–Kier alpha value is -0.930. The van der Waals surface area contributed by atoms with Gasteiger partial charge in [-0.3, -0.25) is 9.69 Å². The van der Waals surface area contributed by atoms with Crippen molar-refractivity contribution in [3.63, 3.8) is 0 Å². The third kappa shape index (κ3) is 3.30. The van der Waals surface area contributed by atoms with Gasteiger partial charge in [0.2, 0.25) is 0 Å². The van der Waals surface area contributed by atoms with E-state index in [0.717, 1.165) is 24.9 Å². The second-order valence-electron chi connectivity index (χ2n) is 4.93. The van der Waals surface area contributed by atoms with Gasteiger partial charge in [-0.2, -0.15) is 0 Å². The van der Waals surface area contributed by atoms with Crippen LogP contribution in [0.2, 0.25) is 5.02 Å². The van der Waals surface area contributed by atoms with E-state index in [-0.39, 0.29) is 10.8 Å². The molecule has 0 atom stereocenters. The van der Waals surface area contributed by atoms with Crippen LogP contribution in [0.5, 0.6) is 0 Å². The third-order valence-corrected chi connectivity index (χ3v) is 3.84. The first-order valence-electron chi connectivity index (χ1n) is 6.22. The van der Waals surface area contributed by atoms with Crippen LogP contribution in [0.1, 0.15) is 31.2 Å². The predicted molar refractivity (Wildman–Crippen MR) is 70.1 cm³/mol. The lowest BCUT2D eigenvalue weighted by Gasteiger charge is -2.30. The van der Waals surface area contributed by atoms with Gasteiger partial charge < -0.3 is 0 Å². The Morgan fingerprint density at radius 1 is 1.39 bits per heavy atom. The van der Waals surface area contributed by atoms with Crippen LogP contribution >= 0.6 is 11.6 Å². The minimum absolute atomic E-state index is 0.166. The minimum Gasteiger partial charge on any atom is -0.300 e. The normalized spacial score (nSPS) is 17.4. The molecule has 0 saturated heterocycles. The standard InChI is InChI=1S/C14H17ClFNO/c1-17(11-3-5-12(18)6-4-11)9-10-2-7-14(16)13(15)8-10/h2,7-8,11H,3-6,9H2,1H3. The highest BCUT2D eigenvalue weighted by molar-refractivity contribution is 6.30. The number of nitrogens with zero attached hydrogens (tertiary/aromatic N) is 1. The summed E-state index contributed by atoms with van der Waals surface area (Å²) in [6, 6.07) is 5.26. The molecule has 1 aromatic rings. The fourth-order valence-electron chi connectivity index (χ4n) is 2.42. The Kier molecular flexibility index (Phi) is 4.36. The maximum Gasteiger partial charge on any atom is 0.141 e. The Morgan fingerprint density at radius 2 is 2.06 bits per heavy atom. The van der Waals surface area contributed by atoms with E-state index in [2.05, 4.69) is 4.90 Å². The van der Waals surface area contributed by atoms with Crippen molar-refractivity contribution in [3.8, 4) is 0 Å². The molecule has 1 aliphatic carbocycles. The average Bonchev–Trinajstić information content (AvgIpc) is 2.34. The van der Waals surface area contributed by atoms with Crippen molar-refractivity contribution < 1.29 is 9.18 Å². The number of hydrogen-bond donors (Lipinski definition) is 0. The van der Waals surface area contributed by atoms with Gasteiger partial charge in [-0.25, -0.2) is 4.39 Å². The Morgan fingerprint density at radius 3 is 2.67 bits per heavy atom. The van der Waals surface area contributed by atoms with E-state index < -0.39 is 0 Å². The fraction of sp³-hybridized carbons (Fsp3) is 0.500. The van der Waals surface area contributed by atoms with Crippen molar-refractivity contribution >= 4 is 17.4 Å². The summed E-state index contributed by atoms with van der Waals surface area (Å²) < 4.78 is 13.1. The molecule has 1 aromatic carbocycles. The molecule has 4 heteroatoms. The van der Waals surface area contributed by atoms with Gasteiger partial charge in [-0.15, -0.1) is 0 Å². The molecule has 0 radical (unpaired) electrons. The molecule has 1 fully saturated rings. The molecule has 1 aliphatic rings. The van der Waals surface area contributed by atoms with Crippen LogP contribution in [0.25, 0.3) is 0 Å². The molecule has 0 bridgehead atoms. The van der Waals surface area contributed by atoms with E-state index in [9.17, 15) is 9.18 Å². The summed E-state index contributed by atoms with van der Waals surface area (Å²) in [4.78, 5) is 13.4. The topological polar surface area (TPSA) is 20.3 Å². The molecule has 1 saturated carbocycles. The maximum atomic E-state index is 13.1. The van der Waals surface area contributed by atoms with Crippen molar-refractivity contribution in [1.29, 1.82) is 0 Å². The van der Waals surface area contributed by atoms with Gasteiger partial charge in [0.15, 0.2) is 0 Å². The van der Waals surface area contributed by atoms with E-state index in [0.29, 0.717) is 24.7 Å². The molecular weight excluding hydrogens is 253 g/mol. The first-order valence-corrected chi connectivity index (χ1v) is 6.60. The molecule has 0 amide bonds. The summed E-state index contributed by atoms with van der Waals surface area (Å²) in [6.45, 7) is 0.735. The maximum absolute atomic E-state index is 13.1. The van der Waals surface area contributed by atoms with Gasteiger partial charge in [0.1, 0.15) is 11.6 Å². The third-order valence-electron chi connectivity index (χ3n) is 3.55. The number of benzene rings is 1. The average molecular weight is 270 g/mol. The summed E-state index contributed by atoms with van der Waals surface area (Å²) >= 11 is 5.76. The molecular formula is C14H17ClFNO. The number of ketones is 1. The lowest BCUT2D eigenvalue weighted by Crippen LogP contribution is -2.34. The van der Waals surface area contributed by atoms with E-state index >= 15 is 0 Å². The molecule has 2 nitrogen and oxygen atoms in total. The predicted octanol–water partition coefficient (Wildman–Crippen LogP) is 3.42. The van der Waals surface area contributed by atoms with Crippen LogP contribution in [-0.4, -0.2) is 23.8 Å². The molecule has 98 valence electrons. The number of hydrogen-bond acceptors (Lipinski definition) is 2. The largest absolute Gasteiger partial charge is 0.300 e. The minimum atomic E-state index is -0.383. The molecule has 2 rings (SSSR count). The van der Waals surface area contributed by atoms with Crippen molar-refractivity contribution in [2.24, 2.45) is 0 Å². The zero-order valence-corrected chi connectivity index (χ0v) is 11.2. The molecule has 18 heavy (non-hydrogen) atoms. The van der Waals surface area contributed by atoms with Crippen LogP contribution in [0.3, 0.4) is 0 Å². The number of halogens is 2. The zero-order valence-electron chi connectivity index (χ0n) is 10.5. The number of carbonyl (C=O) groups is 1. The Balaban J connectivity index is 1.96. The zero-order chi connectivity index (χ0) is 13.1. The summed E-state index contributed by atoms with van der Waals surface area (Å²) in [5.74, 6) is -0.0178.